The monoisotopic (exact) mass is 355 g/mol. The van der Waals surface area contributed by atoms with E-state index in [4.69, 9.17) is 33.2 Å². The number of ether oxygens (including phenoxy) is 1. The van der Waals surface area contributed by atoms with Gasteiger partial charge in [0.05, 0.1) is 21.7 Å². The summed E-state index contributed by atoms with van der Waals surface area (Å²) in [6.45, 7) is 0.352. The largest absolute Gasteiger partial charge is 0.486 e. The zero-order chi connectivity index (χ0) is 13.8. The van der Waals surface area contributed by atoms with Gasteiger partial charge in [-0.05, 0) is 29.8 Å². The minimum Gasteiger partial charge on any atom is -0.486 e. The summed E-state index contributed by atoms with van der Waals surface area (Å²) >= 11 is 15.5. The Kier molecular flexibility index (Phi) is 4.71. The number of halogens is 3. The zero-order valence-corrected chi connectivity index (χ0v) is 12.8. The van der Waals surface area contributed by atoms with Crippen molar-refractivity contribution in [3.63, 3.8) is 0 Å². The maximum atomic E-state index is 8.80. The summed E-state index contributed by atoms with van der Waals surface area (Å²) in [5.41, 5.74) is 1.40. The molecule has 5 heteroatoms. The molecular formula is C14H8BrCl2NO. The van der Waals surface area contributed by atoms with E-state index in [2.05, 4.69) is 15.9 Å². The summed E-state index contributed by atoms with van der Waals surface area (Å²) in [5.74, 6) is 0.391. The van der Waals surface area contributed by atoms with Crippen molar-refractivity contribution < 1.29 is 4.74 Å². The summed E-state index contributed by atoms with van der Waals surface area (Å²) in [5, 5.41) is 9.47. The van der Waals surface area contributed by atoms with E-state index in [-0.39, 0.29) is 0 Å². The fraction of sp³-hybridized carbons (Fsp3) is 0.0714. The molecule has 2 aromatic carbocycles. The highest BCUT2D eigenvalue weighted by molar-refractivity contribution is 9.10. The lowest BCUT2D eigenvalue weighted by atomic mass is 10.2. The van der Waals surface area contributed by atoms with Crippen LogP contribution in [0.4, 0.5) is 0 Å². The van der Waals surface area contributed by atoms with Gasteiger partial charge in [-0.3, -0.25) is 0 Å². The third kappa shape index (κ3) is 3.63. The first-order valence-electron chi connectivity index (χ1n) is 5.36. The van der Waals surface area contributed by atoms with Crippen LogP contribution >= 0.6 is 39.1 Å². The van der Waals surface area contributed by atoms with Gasteiger partial charge in [-0.25, -0.2) is 0 Å². The fourth-order valence-corrected chi connectivity index (χ4v) is 2.59. The number of rotatable bonds is 3. The summed E-state index contributed by atoms with van der Waals surface area (Å²) in [6.07, 6.45) is 0. The summed E-state index contributed by atoms with van der Waals surface area (Å²) in [4.78, 5) is 0. The van der Waals surface area contributed by atoms with E-state index in [1.807, 2.05) is 30.3 Å². The molecule has 0 N–H and O–H groups in total. The van der Waals surface area contributed by atoms with Crippen LogP contribution < -0.4 is 4.74 Å². The molecule has 0 aliphatic rings. The van der Waals surface area contributed by atoms with E-state index < -0.39 is 0 Å². The molecule has 0 saturated heterocycles. The molecule has 0 unspecified atom stereocenters. The lowest BCUT2D eigenvalue weighted by molar-refractivity contribution is 0.306. The molecule has 0 atom stereocenters. The summed E-state index contributed by atoms with van der Waals surface area (Å²) in [6, 6.07) is 12.8. The van der Waals surface area contributed by atoms with Crippen LogP contribution in [0.2, 0.25) is 10.0 Å². The van der Waals surface area contributed by atoms with Crippen molar-refractivity contribution in [3.05, 3.63) is 62.0 Å². The number of nitrogens with zero attached hydrogens (tertiary/aromatic N) is 1. The Morgan fingerprint density at radius 2 is 1.84 bits per heavy atom. The van der Waals surface area contributed by atoms with E-state index >= 15 is 0 Å². The summed E-state index contributed by atoms with van der Waals surface area (Å²) < 4.78 is 6.59. The fourth-order valence-electron chi connectivity index (χ4n) is 1.54. The lowest BCUT2D eigenvalue weighted by Gasteiger charge is -2.10. The van der Waals surface area contributed by atoms with Gasteiger partial charge < -0.3 is 4.74 Å². The first-order valence-corrected chi connectivity index (χ1v) is 6.91. The second-order valence-electron chi connectivity index (χ2n) is 3.80. The van der Waals surface area contributed by atoms with Crippen molar-refractivity contribution in [2.24, 2.45) is 0 Å². The third-order valence-corrected chi connectivity index (χ3v) is 3.45. The number of hydrogen-bond donors (Lipinski definition) is 0. The average Bonchev–Trinajstić information content (AvgIpc) is 2.37. The van der Waals surface area contributed by atoms with Crippen molar-refractivity contribution in [1.82, 2.24) is 0 Å². The Labute approximate surface area is 129 Å². The molecule has 0 bridgehead atoms. The normalized spacial score (nSPS) is 10.0. The molecule has 0 saturated carbocycles. The van der Waals surface area contributed by atoms with Crippen LogP contribution in [0.25, 0.3) is 0 Å². The highest BCUT2D eigenvalue weighted by atomic mass is 79.9. The molecule has 0 heterocycles. The van der Waals surface area contributed by atoms with Gasteiger partial charge in [-0.1, -0.05) is 51.3 Å². The van der Waals surface area contributed by atoms with Crippen molar-refractivity contribution >= 4 is 39.1 Å². The number of nitriles is 1. The average molecular weight is 357 g/mol. The topological polar surface area (TPSA) is 33.0 Å². The molecule has 0 aromatic heterocycles. The van der Waals surface area contributed by atoms with Gasteiger partial charge in [0.1, 0.15) is 6.61 Å². The highest BCUT2D eigenvalue weighted by Crippen LogP contribution is 2.34. The highest BCUT2D eigenvalue weighted by Gasteiger charge is 2.10. The molecular weight excluding hydrogens is 349 g/mol. The summed E-state index contributed by atoms with van der Waals surface area (Å²) in [7, 11) is 0. The zero-order valence-electron chi connectivity index (χ0n) is 9.66. The Hall–Kier alpha value is -1.21. The third-order valence-electron chi connectivity index (χ3n) is 2.40. The van der Waals surface area contributed by atoms with Gasteiger partial charge in [0.25, 0.3) is 0 Å². The van der Waals surface area contributed by atoms with Gasteiger partial charge in [0.15, 0.2) is 5.75 Å². The first-order chi connectivity index (χ1) is 9.10. The van der Waals surface area contributed by atoms with Crippen LogP contribution in [-0.2, 0) is 6.61 Å². The predicted octanol–water partition coefficient (Wildman–Crippen LogP) is 5.21. The van der Waals surface area contributed by atoms with Gasteiger partial charge >= 0.3 is 0 Å². The van der Waals surface area contributed by atoms with E-state index in [0.29, 0.717) is 28.0 Å². The van der Waals surface area contributed by atoms with Crippen LogP contribution in [-0.4, -0.2) is 0 Å². The first kappa shape index (κ1) is 14.2. The van der Waals surface area contributed by atoms with Crippen molar-refractivity contribution in [3.8, 4) is 11.8 Å². The Bertz CT molecular complexity index is 629. The van der Waals surface area contributed by atoms with Crippen LogP contribution in [0.5, 0.6) is 5.75 Å². The van der Waals surface area contributed by atoms with Gasteiger partial charge in [-0.15, -0.1) is 0 Å². The van der Waals surface area contributed by atoms with Crippen molar-refractivity contribution in [1.29, 1.82) is 5.26 Å². The molecule has 0 amide bonds. The Morgan fingerprint density at radius 1 is 1.16 bits per heavy atom. The van der Waals surface area contributed by atoms with Crippen LogP contribution in [0.3, 0.4) is 0 Å². The molecule has 19 heavy (non-hydrogen) atoms. The van der Waals surface area contributed by atoms with E-state index in [9.17, 15) is 0 Å². The lowest BCUT2D eigenvalue weighted by Crippen LogP contribution is -1.97. The standard InChI is InChI=1S/C14H8BrCl2NO/c15-11-3-1-2-9(4-11)8-19-14-12(16)5-10(7-18)6-13(14)17/h1-6H,8H2. The van der Waals surface area contributed by atoms with E-state index in [0.717, 1.165) is 10.0 Å². The Morgan fingerprint density at radius 3 is 2.42 bits per heavy atom. The van der Waals surface area contributed by atoms with Crippen LogP contribution in [0.15, 0.2) is 40.9 Å². The van der Waals surface area contributed by atoms with Crippen molar-refractivity contribution in [2.75, 3.05) is 0 Å². The predicted molar refractivity (Wildman–Crippen MR) is 79.7 cm³/mol. The second-order valence-corrected chi connectivity index (χ2v) is 5.53. The molecule has 0 aliphatic carbocycles. The second kappa shape index (κ2) is 6.29. The van der Waals surface area contributed by atoms with E-state index in [1.54, 1.807) is 0 Å². The molecule has 0 aliphatic heterocycles. The SMILES string of the molecule is N#Cc1cc(Cl)c(OCc2cccc(Br)c2)c(Cl)c1. The molecule has 96 valence electrons. The van der Waals surface area contributed by atoms with Crippen molar-refractivity contribution in [2.45, 2.75) is 6.61 Å². The molecule has 2 nitrogen and oxygen atoms in total. The molecule has 0 radical (unpaired) electrons. The van der Waals surface area contributed by atoms with Gasteiger partial charge in [-0.2, -0.15) is 5.26 Å². The van der Waals surface area contributed by atoms with Crippen LogP contribution in [0.1, 0.15) is 11.1 Å². The van der Waals surface area contributed by atoms with Crippen LogP contribution in [0, 0.1) is 11.3 Å². The number of hydrogen-bond acceptors (Lipinski definition) is 2. The molecule has 2 rings (SSSR count). The quantitative estimate of drug-likeness (QED) is 0.756. The Balaban J connectivity index is 2.18. The molecule has 0 fully saturated rings. The minimum atomic E-state index is 0.332. The molecule has 0 spiro atoms. The van der Waals surface area contributed by atoms with Gasteiger partial charge in [0, 0.05) is 4.47 Å². The maximum absolute atomic E-state index is 8.80. The smallest absolute Gasteiger partial charge is 0.157 e. The minimum absolute atomic E-state index is 0.332. The maximum Gasteiger partial charge on any atom is 0.157 e. The number of benzene rings is 2. The van der Waals surface area contributed by atoms with E-state index in [1.165, 1.54) is 12.1 Å². The molecule has 2 aromatic rings. The van der Waals surface area contributed by atoms with Gasteiger partial charge in [0.2, 0.25) is 0 Å².